The lowest BCUT2D eigenvalue weighted by Gasteiger charge is -2.04. The van der Waals surface area contributed by atoms with Crippen molar-refractivity contribution in [1.82, 2.24) is 10.4 Å². The molecule has 0 aliphatic heterocycles. The molecule has 5 nitrogen and oxygen atoms in total. The number of aromatic amines is 1. The highest BCUT2D eigenvalue weighted by Crippen LogP contribution is 2.23. The fourth-order valence-corrected chi connectivity index (χ4v) is 2.64. The molecule has 1 heterocycles. The van der Waals surface area contributed by atoms with E-state index in [9.17, 15) is 18.7 Å². The van der Waals surface area contributed by atoms with Gasteiger partial charge in [0.25, 0.3) is 5.91 Å². The lowest BCUT2D eigenvalue weighted by Crippen LogP contribution is -2.19. The monoisotopic (exact) mass is 407 g/mol. The number of hydrazone groups is 1. The first kappa shape index (κ1) is 17.1. The first-order valence-corrected chi connectivity index (χ1v) is 7.96. The van der Waals surface area contributed by atoms with Crippen molar-refractivity contribution >= 4 is 38.5 Å². The number of benzene rings is 2. The smallest absolute Gasteiger partial charge is 0.275 e. The SMILES string of the molecule is C/C(=N\NC(=O)c1cc(Br)ccc1O)c1cc2c(F)c(F)ccc2[nH]1. The lowest BCUT2D eigenvalue weighted by molar-refractivity contribution is 0.0952. The molecule has 8 heteroatoms. The van der Waals surface area contributed by atoms with Crippen molar-refractivity contribution < 1.29 is 18.7 Å². The van der Waals surface area contributed by atoms with E-state index in [1.54, 1.807) is 13.0 Å². The van der Waals surface area contributed by atoms with E-state index < -0.39 is 17.5 Å². The van der Waals surface area contributed by atoms with E-state index in [1.165, 1.54) is 24.3 Å². The molecule has 0 unspecified atom stereocenters. The normalized spacial score (nSPS) is 11.8. The van der Waals surface area contributed by atoms with Gasteiger partial charge >= 0.3 is 0 Å². The number of hydrogen-bond acceptors (Lipinski definition) is 3. The van der Waals surface area contributed by atoms with Crippen LogP contribution in [0.15, 0.2) is 46.0 Å². The number of nitrogens with zero attached hydrogens (tertiary/aromatic N) is 1. The summed E-state index contributed by atoms with van der Waals surface area (Å²) in [4.78, 5) is 15.0. The van der Waals surface area contributed by atoms with Gasteiger partial charge in [0, 0.05) is 15.4 Å². The summed E-state index contributed by atoms with van der Waals surface area (Å²) in [5.74, 6) is -2.68. The van der Waals surface area contributed by atoms with Crippen LogP contribution in [0.4, 0.5) is 8.78 Å². The number of carbonyl (C=O) groups excluding carboxylic acids is 1. The van der Waals surface area contributed by atoms with E-state index in [0.29, 0.717) is 21.4 Å². The number of amides is 1. The summed E-state index contributed by atoms with van der Waals surface area (Å²) < 4.78 is 27.7. The van der Waals surface area contributed by atoms with E-state index >= 15 is 0 Å². The highest BCUT2D eigenvalue weighted by molar-refractivity contribution is 9.10. The summed E-state index contributed by atoms with van der Waals surface area (Å²) in [5.41, 5.74) is 3.57. The molecule has 1 amide bonds. The molecule has 0 bridgehead atoms. The third-order valence-corrected chi connectivity index (χ3v) is 4.10. The molecule has 0 aliphatic carbocycles. The van der Waals surface area contributed by atoms with Crippen LogP contribution in [0.25, 0.3) is 10.9 Å². The Bertz CT molecular complexity index is 1010. The van der Waals surface area contributed by atoms with Crippen molar-refractivity contribution in [3.8, 4) is 5.75 Å². The van der Waals surface area contributed by atoms with Gasteiger partial charge in [-0.25, -0.2) is 14.2 Å². The zero-order valence-electron chi connectivity index (χ0n) is 12.9. The standard InChI is InChI=1S/C17H12BrF2N3O2/c1-8(14-7-10-13(21-14)4-3-12(19)16(10)20)22-23-17(25)11-6-9(18)2-5-15(11)24/h2-7,21,24H,1H3,(H,23,25)/b22-8+. The summed E-state index contributed by atoms with van der Waals surface area (Å²) in [6, 6.07) is 8.29. The zero-order valence-corrected chi connectivity index (χ0v) is 14.5. The maximum atomic E-state index is 13.8. The van der Waals surface area contributed by atoms with Gasteiger partial charge in [-0.3, -0.25) is 4.79 Å². The predicted molar refractivity (Wildman–Crippen MR) is 93.7 cm³/mol. The van der Waals surface area contributed by atoms with Crippen LogP contribution in [0.5, 0.6) is 5.75 Å². The van der Waals surface area contributed by atoms with Crippen molar-refractivity contribution in [2.75, 3.05) is 0 Å². The summed E-state index contributed by atoms with van der Waals surface area (Å²) in [7, 11) is 0. The van der Waals surface area contributed by atoms with E-state index in [-0.39, 0.29) is 16.7 Å². The molecule has 0 aliphatic rings. The van der Waals surface area contributed by atoms with Crippen molar-refractivity contribution in [1.29, 1.82) is 0 Å². The Labute approximate surface area is 149 Å². The average molecular weight is 408 g/mol. The molecule has 0 atom stereocenters. The topological polar surface area (TPSA) is 77.5 Å². The fourth-order valence-electron chi connectivity index (χ4n) is 2.28. The van der Waals surface area contributed by atoms with Crippen LogP contribution in [-0.4, -0.2) is 21.7 Å². The number of phenolic OH excluding ortho intramolecular Hbond substituents is 1. The Morgan fingerprint density at radius 3 is 2.76 bits per heavy atom. The third kappa shape index (κ3) is 3.39. The van der Waals surface area contributed by atoms with Gasteiger partial charge in [-0.1, -0.05) is 15.9 Å². The molecular weight excluding hydrogens is 396 g/mol. The molecule has 1 aromatic heterocycles. The van der Waals surface area contributed by atoms with Gasteiger partial charge in [0.2, 0.25) is 0 Å². The Balaban J connectivity index is 1.85. The molecule has 0 saturated carbocycles. The summed E-state index contributed by atoms with van der Waals surface area (Å²) >= 11 is 3.22. The second-order valence-corrected chi connectivity index (χ2v) is 6.22. The molecule has 3 aromatic rings. The number of aromatic hydroxyl groups is 1. The highest BCUT2D eigenvalue weighted by Gasteiger charge is 2.13. The molecule has 3 rings (SSSR count). The van der Waals surface area contributed by atoms with Crippen molar-refractivity contribution in [3.05, 3.63) is 63.8 Å². The van der Waals surface area contributed by atoms with Crippen molar-refractivity contribution in [2.24, 2.45) is 5.10 Å². The Kier molecular flexibility index (Phi) is 4.54. The van der Waals surface area contributed by atoms with E-state index in [0.717, 1.165) is 6.07 Å². The fraction of sp³-hybridized carbons (Fsp3) is 0.0588. The van der Waals surface area contributed by atoms with Gasteiger partial charge in [-0.2, -0.15) is 5.10 Å². The Morgan fingerprint density at radius 1 is 1.24 bits per heavy atom. The van der Waals surface area contributed by atoms with Crippen LogP contribution in [0.2, 0.25) is 0 Å². The number of aromatic nitrogens is 1. The average Bonchev–Trinajstić information content (AvgIpc) is 3.03. The van der Waals surface area contributed by atoms with Crippen LogP contribution < -0.4 is 5.43 Å². The van der Waals surface area contributed by atoms with Crippen LogP contribution >= 0.6 is 15.9 Å². The minimum atomic E-state index is -0.948. The van der Waals surface area contributed by atoms with Crippen LogP contribution in [0, 0.1) is 11.6 Å². The number of H-pyrrole nitrogens is 1. The molecular formula is C17H12BrF2N3O2. The van der Waals surface area contributed by atoms with Crippen molar-refractivity contribution in [3.63, 3.8) is 0 Å². The van der Waals surface area contributed by atoms with Crippen LogP contribution in [0.1, 0.15) is 23.0 Å². The first-order valence-electron chi connectivity index (χ1n) is 7.17. The quantitative estimate of drug-likeness (QED) is 0.452. The van der Waals surface area contributed by atoms with E-state index in [1.807, 2.05) is 0 Å². The number of rotatable bonds is 3. The summed E-state index contributed by atoms with van der Waals surface area (Å²) in [6.07, 6.45) is 0. The van der Waals surface area contributed by atoms with Crippen LogP contribution in [-0.2, 0) is 0 Å². The van der Waals surface area contributed by atoms with E-state index in [2.05, 4.69) is 31.4 Å². The van der Waals surface area contributed by atoms with Gasteiger partial charge in [0.05, 0.1) is 17.0 Å². The predicted octanol–water partition coefficient (Wildman–Crippen LogP) is 4.07. The number of nitrogens with one attached hydrogen (secondary N) is 2. The Hall–Kier alpha value is -2.74. The molecule has 0 radical (unpaired) electrons. The number of hydrogen-bond donors (Lipinski definition) is 3. The molecule has 3 N–H and O–H groups in total. The number of phenols is 1. The minimum absolute atomic E-state index is 0.0516. The molecule has 0 fully saturated rings. The second-order valence-electron chi connectivity index (χ2n) is 5.31. The third-order valence-electron chi connectivity index (χ3n) is 3.61. The molecule has 0 spiro atoms. The first-order chi connectivity index (χ1) is 11.9. The molecule has 128 valence electrons. The summed E-state index contributed by atoms with van der Waals surface area (Å²) in [5, 5.41) is 13.8. The Morgan fingerprint density at radius 2 is 2.00 bits per heavy atom. The maximum absolute atomic E-state index is 13.8. The van der Waals surface area contributed by atoms with Gasteiger partial charge in [-0.15, -0.1) is 0 Å². The second kappa shape index (κ2) is 6.64. The van der Waals surface area contributed by atoms with Crippen molar-refractivity contribution in [2.45, 2.75) is 6.92 Å². The summed E-state index contributed by atoms with van der Waals surface area (Å²) in [6.45, 7) is 1.60. The van der Waals surface area contributed by atoms with E-state index in [4.69, 9.17) is 0 Å². The largest absolute Gasteiger partial charge is 0.507 e. The number of fused-ring (bicyclic) bond motifs is 1. The van der Waals surface area contributed by atoms with Gasteiger partial charge in [-0.05, 0) is 43.3 Å². The zero-order chi connectivity index (χ0) is 18.1. The molecule has 0 saturated heterocycles. The van der Waals surface area contributed by atoms with Gasteiger partial charge in [0.1, 0.15) is 5.75 Å². The highest BCUT2D eigenvalue weighted by atomic mass is 79.9. The maximum Gasteiger partial charge on any atom is 0.275 e. The van der Waals surface area contributed by atoms with Crippen LogP contribution in [0.3, 0.4) is 0 Å². The molecule has 25 heavy (non-hydrogen) atoms. The van der Waals surface area contributed by atoms with Gasteiger partial charge in [0.15, 0.2) is 11.6 Å². The lowest BCUT2D eigenvalue weighted by atomic mass is 10.2. The number of halogens is 3. The minimum Gasteiger partial charge on any atom is -0.507 e. The molecule has 2 aromatic carbocycles. The number of carbonyl (C=O) groups is 1. The van der Waals surface area contributed by atoms with Gasteiger partial charge < -0.3 is 10.1 Å².